The second-order valence-electron chi connectivity index (χ2n) is 8.42. The zero-order valence-electron chi connectivity index (χ0n) is 17.9. The molecule has 158 valence electrons. The third-order valence-corrected chi connectivity index (χ3v) is 6.23. The summed E-state index contributed by atoms with van der Waals surface area (Å²) in [6, 6.07) is 9.58. The number of likely N-dealkylation sites (tertiary alicyclic amines) is 1. The summed E-state index contributed by atoms with van der Waals surface area (Å²) >= 11 is 0. The van der Waals surface area contributed by atoms with Crippen molar-refractivity contribution in [2.24, 2.45) is 0 Å². The Kier molecular flexibility index (Phi) is 6.02. The minimum Gasteiger partial charge on any atom is -0.371 e. The number of nitrogens with one attached hydrogen (secondary N) is 1. The van der Waals surface area contributed by atoms with Crippen LogP contribution in [0.5, 0.6) is 0 Å². The molecule has 1 atom stereocenters. The van der Waals surface area contributed by atoms with Gasteiger partial charge >= 0.3 is 0 Å². The number of hydrogen-bond donors (Lipinski definition) is 1. The highest BCUT2D eigenvalue weighted by molar-refractivity contribution is 6.04. The Balaban J connectivity index is 1.46. The molecular formula is C24H30N4O2. The second kappa shape index (κ2) is 8.86. The maximum atomic E-state index is 12.9. The van der Waals surface area contributed by atoms with Crippen molar-refractivity contribution in [1.82, 2.24) is 9.88 Å². The van der Waals surface area contributed by atoms with E-state index in [-0.39, 0.29) is 17.9 Å². The highest BCUT2D eigenvalue weighted by Gasteiger charge is 2.24. The quantitative estimate of drug-likeness (QED) is 0.824. The lowest BCUT2D eigenvalue weighted by molar-refractivity contribution is 0.0635. The van der Waals surface area contributed by atoms with Crippen LogP contribution in [-0.4, -0.2) is 47.4 Å². The molecule has 2 saturated heterocycles. The first-order valence-corrected chi connectivity index (χ1v) is 11.0. The van der Waals surface area contributed by atoms with Gasteiger partial charge in [0.05, 0.1) is 0 Å². The summed E-state index contributed by atoms with van der Waals surface area (Å²) in [6.07, 6.45) is 7.36. The summed E-state index contributed by atoms with van der Waals surface area (Å²) in [4.78, 5) is 34.2. The fourth-order valence-electron chi connectivity index (χ4n) is 4.40. The molecule has 3 heterocycles. The van der Waals surface area contributed by atoms with Crippen LogP contribution in [0.25, 0.3) is 0 Å². The van der Waals surface area contributed by atoms with Crippen LogP contribution in [0.2, 0.25) is 0 Å². The van der Waals surface area contributed by atoms with Crippen LogP contribution in [0.4, 0.5) is 11.4 Å². The molecule has 2 aliphatic heterocycles. The number of nitrogens with zero attached hydrogens (tertiary/aromatic N) is 3. The Labute approximate surface area is 178 Å². The lowest BCUT2D eigenvalue weighted by Gasteiger charge is -2.33. The molecule has 0 spiro atoms. The molecule has 1 aromatic carbocycles. The van der Waals surface area contributed by atoms with E-state index in [2.05, 4.69) is 22.1 Å². The van der Waals surface area contributed by atoms with Gasteiger partial charge in [0.25, 0.3) is 11.8 Å². The normalized spacial score (nSPS) is 19.1. The maximum absolute atomic E-state index is 12.9. The van der Waals surface area contributed by atoms with Gasteiger partial charge in [0.1, 0.15) is 5.69 Å². The second-order valence-corrected chi connectivity index (χ2v) is 8.42. The predicted molar refractivity (Wildman–Crippen MR) is 119 cm³/mol. The lowest BCUT2D eigenvalue weighted by Crippen LogP contribution is -2.42. The summed E-state index contributed by atoms with van der Waals surface area (Å²) in [5, 5.41) is 2.95. The Morgan fingerprint density at radius 1 is 1.03 bits per heavy atom. The number of carbonyl (C=O) groups is 2. The molecule has 0 aliphatic carbocycles. The molecule has 2 aromatic rings. The van der Waals surface area contributed by atoms with Crippen molar-refractivity contribution >= 4 is 23.2 Å². The smallest absolute Gasteiger partial charge is 0.274 e. The van der Waals surface area contributed by atoms with Crippen molar-refractivity contribution in [1.29, 1.82) is 0 Å². The van der Waals surface area contributed by atoms with Crippen LogP contribution in [0.3, 0.4) is 0 Å². The third kappa shape index (κ3) is 4.32. The van der Waals surface area contributed by atoms with Gasteiger partial charge in [-0.05, 0) is 81.8 Å². The number of piperidine rings is 1. The van der Waals surface area contributed by atoms with E-state index >= 15 is 0 Å². The molecular weight excluding hydrogens is 376 g/mol. The first-order chi connectivity index (χ1) is 14.5. The topological polar surface area (TPSA) is 65.5 Å². The van der Waals surface area contributed by atoms with Gasteiger partial charge in [-0.15, -0.1) is 0 Å². The number of aryl methyl sites for hydroxylation is 1. The standard InChI is InChI=1S/C24H30N4O2/c1-17-15-19(24(30)28-14-4-3-7-18(28)2)8-9-21(17)26-23(29)22-16-20(10-11-25-22)27-12-5-6-13-27/h8-11,15-16,18H,3-7,12-14H2,1-2H3,(H,26,29). The van der Waals surface area contributed by atoms with E-state index in [1.807, 2.05) is 36.1 Å². The zero-order valence-corrected chi connectivity index (χ0v) is 17.9. The number of amides is 2. The Hall–Kier alpha value is -2.89. The van der Waals surface area contributed by atoms with Crippen LogP contribution in [-0.2, 0) is 0 Å². The van der Waals surface area contributed by atoms with Gasteiger partial charge in [-0.2, -0.15) is 0 Å². The fourth-order valence-corrected chi connectivity index (χ4v) is 4.40. The number of rotatable bonds is 4. The van der Waals surface area contributed by atoms with Crippen molar-refractivity contribution in [2.45, 2.75) is 52.0 Å². The summed E-state index contributed by atoms with van der Waals surface area (Å²) in [7, 11) is 0. The first kappa shape index (κ1) is 20.4. The number of pyridine rings is 1. The maximum Gasteiger partial charge on any atom is 0.274 e. The monoisotopic (exact) mass is 406 g/mol. The summed E-state index contributed by atoms with van der Waals surface area (Å²) in [5.74, 6) is -0.161. The van der Waals surface area contributed by atoms with E-state index in [4.69, 9.17) is 0 Å². The van der Waals surface area contributed by atoms with Crippen molar-refractivity contribution in [3.8, 4) is 0 Å². The number of carbonyl (C=O) groups excluding carboxylic acids is 2. The minimum absolute atomic E-state index is 0.0724. The Morgan fingerprint density at radius 3 is 2.53 bits per heavy atom. The molecule has 2 fully saturated rings. The van der Waals surface area contributed by atoms with Crippen LogP contribution in [0.1, 0.15) is 65.4 Å². The van der Waals surface area contributed by atoms with E-state index < -0.39 is 0 Å². The van der Waals surface area contributed by atoms with Gasteiger partial charge in [-0.1, -0.05) is 0 Å². The van der Waals surface area contributed by atoms with Gasteiger partial charge in [-0.25, -0.2) is 0 Å². The van der Waals surface area contributed by atoms with Crippen LogP contribution in [0, 0.1) is 6.92 Å². The van der Waals surface area contributed by atoms with Crippen LogP contribution >= 0.6 is 0 Å². The highest BCUT2D eigenvalue weighted by atomic mass is 16.2. The predicted octanol–water partition coefficient (Wildman–Crippen LogP) is 4.26. The van der Waals surface area contributed by atoms with E-state index in [1.54, 1.807) is 12.3 Å². The SMILES string of the molecule is Cc1cc(C(=O)N2CCCCC2C)ccc1NC(=O)c1cc(N2CCCC2)ccn1. The molecule has 0 saturated carbocycles. The average Bonchev–Trinajstić information content (AvgIpc) is 3.30. The van der Waals surface area contributed by atoms with Gasteiger partial charge in [0.2, 0.25) is 0 Å². The lowest BCUT2D eigenvalue weighted by atomic mass is 10.0. The van der Waals surface area contributed by atoms with E-state index in [1.165, 1.54) is 19.3 Å². The van der Waals surface area contributed by atoms with E-state index in [0.717, 1.165) is 43.7 Å². The van der Waals surface area contributed by atoms with Crippen molar-refractivity contribution in [3.05, 3.63) is 53.3 Å². The molecule has 6 nitrogen and oxygen atoms in total. The molecule has 4 rings (SSSR count). The Bertz CT molecular complexity index is 937. The molecule has 6 heteroatoms. The molecule has 1 unspecified atom stereocenters. The number of hydrogen-bond acceptors (Lipinski definition) is 4. The van der Waals surface area contributed by atoms with Gasteiger partial charge in [0, 0.05) is 48.8 Å². The summed E-state index contributed by atoms with van der Waals surface area (Å²) < 4.78 is 0. The van der Waals surface area contributed by atoms with Crippen molar-refractivity contribution < 1.29 is 9.59 Å². The van der Waals surface area contributed by atoms with Gasteiger partial charge < -0.3 is 15.1 Å². The van der Waals surface area contributed by atoms with E-state index in [0.29, 0.717) is 16.9 Å². The average molecular weight is 407 g/mol. The minimum atomic E-state index is -0.233. The first-order valence-electron chi connectivity index (χ1n) is 11.0. The van der Waals surface area contributed by atoms with Gasteiger partial charge in [-0.3, -0.25) is 14.6 Å². The van der Waals surface area contributed by atoms with Crippen LogP contribution in [0.15, 0.2) is 36.5 Å². The molecule has 1 aromatic heterocycles. The van der Waals surface area contributed by atoms with Crippen molar-refractivity contribution in [3.63, 3.8) is 0 Å². The highest BCUT2D eigenvalue weighted by Crippen LogP contribution is 2.24. The molecule has 2 aliphatic rings. The number of anilines is 2. The molecule has 2 amide bonds. The summed E-state index contributed by atoms with van der Waals surface area (Å²) in [5.41, 5.74) is 3.70. The van der Waals surface area contributed by atoms with Gasteiger partial charge in [0.15, 0.2) is 0 Å². The molecule has 0 bridgehead atoms. The number of benzene rings is 1. The van der Waals surface area contributed by atoms with E-state index in [9.17, 15) is 9.59 Å². The number of aromatic nitrogens is 1. The van der Waals surface area contributed by atoms with Crippen LogP contribution < -0.4 is 10.2 Å². The molecule has 0 radical (unpaired) electrons. The Morgan fingerprint density at radius 2 is 1.80 bits per heavy atom. The molecule has 1 N–H and O–H groups in total. The largest absolute Gasteiger partial charge is 0.371 e. The zero-order chi connectivity index (χ0) is 21.1. The fraction of sp³-hybridized carbons (Fsp3) is 0.458. The summed E-state index contributed by atoms with van der Waals surface area (Å²) in [6.45, 7) is 6.89. The molecule has 30 heavy (non-hydrogen) atoms. The van der Waals surface area contributed by atoms with Crippen molar-refractivity contribution in [2.75, 3.05) is 29.9 Å². The third-order valence-electron chi connectivity index (χ3n) is 6.23.